The highest BCUT2D eigenvalue weighted by molar-refractivity contribution is 5.82. The number of alkyl carbamates (subject to hydrolysis) is 1. The SMILES string of the molecule is CC(O)(CNC(=O)C1C[C@H]2C[C@@H](NC(=O)OCC3c4ccccc4-c4ccccc43)[C@H]2C1)C(=O)O. The maximum absolute atomic E-state index is 12.6. The first-order chi connectivity index (χ1) is 16.7. The van der Waals surface area contributed by atoms with Crippen molar-refractivity contribution in [1.29, 1.82) is 0 Å². The standard InChI is InChI=1S/C27H30N2O6/c1-27(34,25(31)32)14-28-24(30)16-10-15-12-23(21(15)11-16)29-26(33)35-13-22-19-8-4-2-6-17(19)18-7-3-5-9-20(18)22/h2-9,15-16,21-23,34H,10-14H2,1H3,(H,28,30)(H,29,33)(H,31,32)/t15-,16?,21-,23+,27?/m0/s1. The van der Waals surface area contributed by atoms with Gasteiger partial charge in [-0.1, -0.05) is 48.5 Å². The Kier molecular flexibility index (Phi) is 6.01. The van der Waals surface area contributed by atoms with E-state index < -0.39 is 17.7 Å². The van der Waals surface area contributed by atoms with E-state index in [0.717, 1.165) is 24.5 Å². The Bertz CT molecular complexity index is 1120. The fourth-order valence-electron chi connectivity index (χ4n) is 5.88. The van der Waals surface area contributed by atoms with E-state index in [0.29, 0.717) is 18.8 Å². The van der Waals surface area contributed by atoms with Crippen LogP contribution < -0.4 is 10.6 Å². The van der Waals surface area contributed by atoms with Gasteiger partial charge < -0.3 is 25.6 Å². The Balaban J connectivity index is 1.12. The third-order valence-electron chi connectivity index (χ3n) is 7.91. The van der Waals surface area contributed by atoms with Crippen LogP contribution >= 0.6 is 0 Å². The van der Waals surface area contributed by atoms with Gasteiger partial charge in [-0.05, 0) is 60.3 Å². The van der Waals surface area contributed by atoms with Gasteiger partial charge >= 0.3 is 12.1 Å². The highest BCUT2D eigenvalue weighted by Crippen LogP contribution is 2.50. The Morgan fingerprint density at radius 2 is 1.63 bits per heavy atom. The van der Waals surface area contributed by atoms with E-state index in [1.165, 1.54) is 11.1 Å². The summed E-state index contributed by atoms with van der Waals surface area (Å²) in [5.41, 5.74) is 2.69. The van der Waals surface area contributed by atoms with Crippen LogP contribution in [0.15, 0.2) is 48.5 Å². The molecule has 5 atom stereocenters. The fourth-order valence-corrected chi connectivity index (χ4v) is 5.88. The summed E-state index contributed by atoms with van der Waals surface area (Å²) in [6, 6.07) is 16.4. The van der Waals surface area contributed by atoms with Gasteiger partial charge in [0.2, 0.25) is 5.91 Å². The lowest BCUT2D eigenvalue weighted by molar-refractivity contribution is -0.156. The molecule has 0 aromatic heterocycles. The number of fused-ring (bicyclic) bond motifs is 4. The summed E-state index contributed by atoms with van der Waals surface area (Å²) < 4.78 is 5.65. The van der Waals surface area contributed by atoms with Gasteiger partial charge in [-0.25, -0.2) is 9.59 Å². The second-order valence-electron chi connectivity index (χ2n) is 10.2. The van der Waals surface area contributed by atoms with Crippen molar-refractivity contribution < 1.29 is 29.3 Å². The number of hydrogen-bond acceptors (Lipinski definition) is 5. The van der Waals surface area contributed by atoms with Crippen molar-refractivity contribution in [3.05, 3.63) is 59.7 Å². The van der Waals surface area contributed by atoms with Crippen LogP contribution in [-0.2, 0) is 14.3 Å². The van der Waals surface area contributed by atoms with Crippen LogP contribution in [-0.4, -0.2) is 53.0 Å². The summed E-state index contributed by atoms with van der Waals surface area (Å²) in [7, 11) is 0. The topological polar surface area (TPSA) is 125 Å². The molecule has 0 bridgehead atoms. The lowest BCUT2D eigenvalue weighted by Crippen LogP contribution is -2.50. The maximum Gasteiger partial charge on any atom is 0.407 e. The Morgan fingerprint density at radius 1 is 1.00 bits per heavy atom. The van der Waals surface area contributed by atoms with Gasteiger partial charge in [-0.15, -0.1) is 0 Å². The van der Waals surface area contributed by atoms with Gasteiger partial charge in [0.1, 0.15) is 6.61 Å². The van der Waals surface area contributed by atoms with E-state index in [-0.39, 0.29) is 42.9 Å². The number of carboxylic acid groups (broad SMARTS) is 1. The molecule has 184 valence electrons. The highest BCUT2D eigenvalue weighted by atomic mass is 16.5. The first kappa shape index (κ1) is 23.4. The summed E-state index contributed by atoms with van der Waals surface area (Å²) in [6.45, 7) is 1.08. The van der Waals surface area contributed by atoms with Crippen LogP contribution in [0.3, 0.4) is 0 Å². The molecule has 0 heterocycles. The number of hydrogen-bond donors (Lipinski definition) is 4. The molecule has 0 saturated heterocycles. The molecule has 2 saturated carbocycles. The van der Waals surface area contributed by atoms with E-state index in [1.54, 1.807) is 0 Å². The molecule has 0 aliphatic heterocycles. The number of aliphatic carboxylic acids is 1. The molecule has 3 aliphatic rings. The van der Waals surface area contributed by atoms with Crippen LogP contribution in [0.1, 0.15) is 43.2 Å². The zero-order valence-electron chi connectivity index (χ0n) is 19.6. The second kappa shape index (κ2) is 9.00. The number of rotatable bonds is 7. The number of carbonyl (C=O) groups excluding carboxylic acids is 2. The van der Waals surface area contributed by atoms with E-state index >= 15 is 0 Å². The zero-order chi connectivity index (χ0) is 24.7. The minimum atomic E-state index is -2.00. The third-order valence-corrected chi connectivity index (χ3v) is 7.91. The monoisotopic (exact) mass is 478 g/mol. The quantitative estimate of drug-likeness (QED) is 0.485. The predicted molar refractivity (Wildman–Crippen MR) is 128 cm³/mol. The Morgan fingerprint density at radius 3 is 2.26 bits per heavy atom. The summed E-state index contributed by atoms with van der Waals surface area (Å²) in [5.74, 6) is -1.32. The van der Waals surface area contributed by atoms with Gasteiger partial charge in [-0.3, -0.25) is 4.79 Å². The molecule has 3 aliphatic carbocycles. The van der Waals surface area contributed by atoms with Crippen molar-refractivity contribution >= 4 is 18.0 Å². The van der Waals surface area contributed by atoms with E-state index in [2.05, 4.69) is 34.9 Å². The van der Waals surface area contributed by atoms with Crippen LogP contribution in [0.5, 0.6) is 0 Å². The lowest BCUT2D eigenvalue weighted by atomic mass is 9.71. The Labute approximate surface area is 203 Å². The average molecular weight is 479 g/mol. The fraction of sp³-hybridized carbons (Fsp3) is 0.444. The third kappa shape index (κ3) is 4.38. The largest absolute Gasteiger partial charge is 0.479 e. The number of carboxylic acids is 1. The predicted octanol–water partition coefficient (Wildman–Crippen LogP) is 2.89. The molecule has 2 amide bonds. The molecule has 2 unspecified atom stereocenters. The minimum absolute atomic E-state index is 0.00450. The zero-order valence-corrected chi connectivity index (χ0v) is 19.6. The molecule has 0 radical (unpaired) electrons. The normalized spacial score (nSPS) is 25.9. The average Bonchev–Trinajstić information content (AvgIpc) is 3.35. The van der Waals surface area contributed by atoms with Gasteiger partial charge in [0, 0.05) is 17.9 Å². The summed E-state index contributed by atoms with van der Waals surface area (Å²) in [6.07, 6.45) is 1.68. The number of carbonyl (C=O) groups is 3. The molecule has 0 spiro atoms. The number of nitrogens with one attached hydrogen (secondary N) is 2. The molecule has 2 fully saturated rings. The molecule has 35 heavy (non-hydrogen) atoms. The maximum atomic E-state index is 12.6. The summed E-state index contributed by atoms with van der Waals surface area (Å²) in [5, 5.41) is 24.3. The van der Waals surface area contributed by atoms with E-state index in [4.69, 9.17) is 9.84 Å². The van der Waals surface area contributed by atoms with Crippen LogP contribution in [0.4, 0.5) is 4.79 Å². The number of aliphatic hydroxyl groups is 1. The second-order valence-corrected chi connectivity index (χ2v) is 10.2. The van der Waals surface area contributed by atoms with Gasteiger partial charge in [0.05, 0.1) is 6.54 Å². The molecule has 8 nitrogen and oxygen atoms in total. The van der Waals surface area contributed by atoms with Crippen LogP contribution in [0, 0.1) is 17.8 Å². The first-order valence-electron chi connectivity index (χ1n) is 12.1. The van der Waals surface area contributed by atoms with Crippen molar-refractivity contribution in [1.82, 2.24) is 10.6 Å². The summed E-state index contributed by atoms with van der Waals surface area (Å²) >= 11 is 0. The van der Waals surface area contributed by atoms with Crippen molar-refractivity contribution in [2.45, 2.75) is 43.7 Å². The van der Waals surface area contributed by atoms with Gasteiger partial charge in [0.15, 0.2) is 5.60 Å². The molecular weight excluding hydrogens is 448 g/mol. The van der Waals surface area contributed by atoms with Crippen molar-refractivity contribution in [2.75, 3.05) is 13.2 Å². The van der Waals surface area contributed by atoms with Crippen LogP contribution in [0.2, 0.25) is 0 Å². The van der Waals surface area contributed by atoms with Gasteiger partial charge in [-0.2, -0.15) is 0 Å². The molecule has 8 heteroatoms. The smallest absolute Gasteiger partial charge is 0.407 e. The van der Waals surface area contributed by atoms with Crippen molar-refractivity contribution in [3.8, 4) is 11.1 Å². The molecular formula is C27H30N2O6. The lowest BCUT2D eigenvalue weighted by Gasteiger charge is -2.40. The number of amides is 2. The van der Waals surface area contributed by atoms with Crippen molar-refractivity contribution in [2.24, 2.45) is 17.8 Å². The summed E-state index contributed by atoms with van der Waals surface area (Å²) in [4.78, 5) is 36.1. The number of benzene rings is 2. The molecule has 2 aromatic carbocycles. The van der Waals surface area contributed by atoms with Crippen LogP contribution in [0.25, 0.3) is 11.1 Å². The molecule has 4 N–H and O–H groups in total. The number of ether oxygens (including phenoxy) is 1. The molecule has 5 rings (SSSR count). The van der Waals surface area contributed by atoms with Crippen molar-refractivity contribution in [3.63, 3.8) is 0 Å². The van der Waals surface area contributed by atoms with E-state index in [1.807, 2.05) is 24.3 Å². The highest BCUT2D eigenvalue weighted by Gasteiger charge is 2.50. The Hall–Kier alpha value is -3.39. The minimum Gasteiger partial charge on any atom is -0.479 e. The van der Waals surface area contributed by atoms with Gasteiger partial charge in [0.25, 0.3) is 0 Å². The van der Waals surface area contributed by atoms with E-state index in [9.17, 15) is 19.5 Å². The first-order valence-corrected chi connectivity index (χ1v) is 12.1. The molecule has 2 aromatic rings.